The van der Waals surface area contributed by atoms with Crippen molar-refractivity contribution in [3.8, 4) is 0 Å². The molecule has 148 valence electrons. The van der Waals surface area contributed by atoms with Crippen molar-refractivity contribution in [3.63, 3.8) is 0 Å². The van der Waals surface area contributed by atoms with E-state index in [0.717, 1.165) is 12.8 Å². The molecule has 0 heterocycles. The Kier molecular flexibility index (Phi) is 11.7. The van der Waals surface area contributed by atoms with Crippen molar-refractivity contribution in [2.45, 2.75) is 85.4 Å². The molecule has 0 radical (unpaired) electrons. The van der Waals surface area contributed by atoms with Crippen LogP contribution in [0.4, 0.5) is 0 Å². The highest BCUT2D eigenvalue weighted by molar-refractivity contribution is 5.90. The molecule has 0 bridgehead atoms. The van der Waals surface area contributed by atoms with E-state index in [-0.39, 0.29) is 30.5 Å². The summed E-state index contributed by atoms with van der Waals surface area (Å²) >= 11 is 0. The van der Waals surface area contributed by atoms with Crippen molar-refractivity contribution in [3.05, 3.63) is 0 Å². The van der Waals surface area contributed by atoms with Gasteiger partial charge in [-0.05, 0) is 46.0 Å². The maximum Gasteiger partial charge on any atom is 0.240 e. The zero-order valence-corrected chi connectivity index (χ0v) is 17.2. The van der Waals surface area contributed by atoms with Gasteiger partial charge in [-0.1, -0.05) is 27.7 Å². The molecule has 0 aromatic rings. The SMILES string of the molecule is CCC(C)N[C@](C)(CC(C)C)C(=O)NCC(=O)NCCOC(C)CC. The van der Waals surface area contributed by atoms with E-state index in [1.165, 1.54) is 0 Å². The summed E-state index contributed by atoms with van der Waals surface area (Å²) in [5.41, 5.74) is -0.677. The van der Waals surface area contributed by atoms with Crippen LogP contribution in [0.15, 0.2) is 0 Å². The molecule has 2 unspecified atom stereocenters. The molecule has 0 saturated carbocycles. The third-order valence-corrected chi connectivity index (χ3v) is 4.31. The second kappa shape index (κ2) is 12.3. The molecule has 0 fully saturated rings. The molecule has 0 spiro atoms. The molecule has 0 aromatic carbocycles. The van der Waals surface area contributed by atoms with Gasteiger partial charge in [-0.15, -0.1) is 0 Å². The van der Waals surface area contributed by atoms with Crippen molar-refractivity contribution in [2.75, 3.05) is 19.7 Å². The fourth-order valence-electron chi connectivity index (χ4n) is 2.67. The van der Waals surface area contributed by atoms with Crippen molar-refractivity contribution >= 4 is 11.8 Å². The predicted octanol–water partition coefficient (Wildman–Crippen LogP) is 2.23. The molecule has 0 aliphatic carbocycles. The van der Waals surface area contributed by atoms with E-state index < -0.39 is 5.54 Å². The zero-order valence-electron chi connectivity index (χ0n) is 17.2. The van der Waals surface area contributed by atoms with Gasteiger partial charge in [0.2, 0.25) is 11.8 Å². The molecule has 25 heavy (non-hydrogen) atoms. The second-order valence-corrected chi connectivity index (χ2v) is 7.51. The van der Waals surface area contributed by atoms with Crippen LogP contribution < -0.4 is 16.0 Å². The van der Waals surface area contributed by atoms with Crippen LogP contribution in [0, 0.1) is 5.92 Å². The lowest BCUT2D eigenvalue weighted by Gasteiger charge is -2.34. The number of carbonyl (C=O) groups excluding carboxylic acids is 2. The van der Waals surface area contributed by atoms with E-state index in [2.05, 4.69) is 50.6 Å². The van der Waals surface area contributed by atoms with E-state index in [1.807, 2.05) is 13.8 Å². The molecule has 2 amide bonds. The molecule has 3 N–H and O–H groups in total. The first kappa shape index (κ1) is 23.9. The van der Waals surface area contributed by atoms with Crippen LogP contribution in [-0.2, 0) is 14.3 Å². The Bertz CT molecular complexity index is 401. The lowest BCUT2D eigenvalue weighted by atomic mass is 9.88. The molecular formula is C19H39N3O3. The first-order chi connectivity index (χ1) is 11.6. The summed E-state index contributed by atoms with van der Waals surface area (Å²) in [6, 6.07) is 0.237. The highest BCUT2D eigenvalue weighted by atomic mass is 16.5. The quantitative estimate of drug-likeness (QED) is 0.442. The molecular weight excluding hydrogens is 318 g/mol. The Hall–Kier alpha value is -1.14. The summed E-state index contributed by atoms with van der Waals surface area (Å²) in [4.78, 5) is 24.5. The van der Waals surface area contributed by atoms with Crippen LogP contribution in [0.1, 0.15) is 67.7 Å². The largest absolute Gasteiger partial charge is 0.377 e. The Morgan fingerprint density at radius 3 is 2.20 bits per heavy atom. The van der Waals surface area contributed by atoms with Crippen molar-refractivity contribution in [2.24, 2.45) is 5.92 Å². The van der Waals surface area contributed by atoms with E-state index >= 15 is 0 Å². The van der Waals surface area contributed by atoms with Gasteiger partial charge in [0.15, 0.2) is 0 Å². The minimum absolute atomic E-state index is 0.0158. The van der Waals surface area contributed by atoms with Crippen molar-refractivity contribution in [1.82, 2.24) is 16.0 Å². The standard InChI is InChI=1S/C19H39N3O3/c1-8-15(5)22-19(7,12-14(3)4)18(24)21-13-17(23)20-10-11-25-16(6)9-2/h14-16,22H,8-13H2,1-7H3,(H,20,23)(H,21,24)/t15?,16?,19-/m1/s1. The molecule has 0 aromatic heterocycles. The average Bonchev–Trinajstić information content (AvgIpc) is 2.55. The minimum atomic E-state index is -0.677. The monoisotopic (exact) mass is 357 g/mol. The summed E-state index contributed by atoms with van der Waals surface area (Å²) in [5.74, 6) is 0.0443. The van der Waals surface area contributed by atoms with Gasteiger partial charge in [0.25, 0.3) is 0 Å². The molecule has 3 atom stereocenters. The van der Waals surface area contributed by atoms with E-state index in [4.69, 9.17) is 4.74 Å². The van der Waals surface area contributed by atoms with Gasteiger partial charge in [0.05, 0.1) is 24.8 Å². The van der Waals surface area contributed by atoms with Crippen LogP contribution in [0.3, 0.4) is 0 Å². The summed E-state index contributed by atoms with van der Waals surface area (Å²) in [6.45, 7) is 15.2. The minimum Gasteiger partial charge on any atom is -0.377 e. The highest BCUT2D eigenvalue weighted by Gasteiger charge is 2.34. The van der Waals surface area contributed by atoms with Gasteiger partial charge in [0.1, 0.15) is 0 Å². The van der Waals surface area contributed by atoms with Crippen molar-refractivity contribution < 1.29 is 14.3 Å². The van der Waals surface area contributed by atoms with Gasteiger partial charge in [0, 0.05) is 12.6 Å². The summed E-state index contributed by atoms with van der Waals surface area (Å²) in [5, 5.41) is 8.93. The van der Waals surface area contributed by atoms with Crippen LogP contribution >= 0.6 is 0 Å². The number of ether oxygens (including phenoxy) is 1. The maximum absolute atomic E-state index is 12.6. The Morgan fingerprint density at radius 2 is 1.68 bits per heavy atom. The summed E-state index contributed by atoms with van der Waals surface area (Å²) in [6.07, 6.45) is 2.80. The lowest BCUT2D eigenvalue weighted by molar-refractivity contribution is -0.130. The van der Waals surface area contributed by atoms with Crippen LogP contribution in [-0.4, -0.2) is 49.2 Å². The third-order valence-electron chi connectivity index (χ3n) is 4.31. The zero-order chi connectivity index (χ0) is 19.5. The number of nitrogens with one attached hydrogen (secondary N) is 3. The van der Waals surface area contributed by atoms with Crippen LogP contribution in [0.2, 0.25) is 0 Å². The highest BCUT2D eigenvalue weighted by Crippen LogP contribution is 2.18. The Balaban J connectivity index is 4.38. The average molecular weight is 358 g/mol. The number of hydrogen-bond acceptors (Lipinski definition) is 4. The topological polar surface area (TPSA) is 79.5 Å². The van der Waals surface area contributed by atoms with Crippen LogP contribution in [0.25, 0.3) is 0 Å². The molecule has 0 rings (SSSR count). The first-order valence-electron chi connectivity index (χ1n) is 9.58. The smallest absolute Gasteiger partial charge is 0.240 e. The number of hydrogen-bond donors (Lipinski definition) is 3. The van der Waals surface area contributed by atoms with E-state index in [0.29, 0.717) is 25.5 Å². The third kappa shape index (κ3) is 10.4. The van der Waals surface area contributed by atoms with E-state index in [1.54, 1.807) is 0 Å². The molecule has 6 nitrogen and oxygen atoms in total. The van der Waals surface area contributed by atoms with E-state index in [9.17, 15) is 9.59 Å². The molecule has 0 aliphatic heterocycles. The van der Waals surface area contributed by atoms with Gasteiger partial charge < -0.3 is 20.7 Å². The second-order valence-electron chi connectivity index (χ2n) is 7.51. The Labute approximate surface area is 153 Å². The molecule has 0 saturated heterocycles. The normalized spacial score (nSPS) is 16.2. The van der Waals surface area contributed by atoms with Gasteiger partial charge in [-0.3, -0.25) is 9.59 Å². The Morgan fingerprint density at radius 1 is 1.04 bits per heavy atom. The fraction of sp³-hybridized carbons (Fsp3) is 0.895. The van der Waals surface area contributed by atoms with Crippen molar-refractivity contribution in [1.29, 1.82) is 0 Å². The van der Waals surface area contributed by atoms with Gasteiger partial charge in [-0.25, -0.2) is 0 Å². The maximum atomic E-state index is 12.6. The fourth-order valence-corrected chi connectivity index (χ4v) is 2.67. The molecule has 6 heteroatoms. The number of amides is 2. The number of carbonyl (C=O) groups is 2. The van der Waals surface area contributed by atoms with Gasteiger partial charge >= 0.3 is 0 Å². The predicted molar refractivity (Wildman–Crippen MR) is 102 cm³/mol. The first-order valence-corrected chi connectivity index (χ1v) is 9.58. The summed E-state index contributed by atoms with van der Waals surface area (Å²) < 4.78 is 5.51. The molecule has 0 aliphatic rings. The summed E-state index contributed by atoms with van der Waals surface area (Å²) in [7, 11) is 0. The van der Waals surface area contributed by atoms with Crippen LogP contribution in [0.5, 0.6) is 0 Å². The lowest BCUT2D eigenvalue weighted by Crippen LogP contribution is -2.59. The van der Waals surface area contributed by atoms with Gasteiger partial charge in [-0.2, -0.15) is 0 Å². The number of rotatable bonds is 13.